The van der Waals surface area contributed by atoms with Crippen LogP contribution in [0.5, 0.6) is 0 Å². The molecule has 4 aliphatic rings. The predicted octanol–water partition coefficient (Wildman–Crippen LogP) is 3.03. The van der Waals surface area contributed by atoms with Crippen molar-refractivity contribution < 1.29 is 19.4 Å². The molecule has 0 bridgehead atoms. The van der Waals surface area contributed by atoms with Crippen LogP contribution in [0.4, 0.5) is 0 Å². The third kappa shape index (κ3) is 1.95. The Hall–Kier alpha value is -1.16. The third-order valence-electron chi connectivity index (χ3n) is 7.99. The number of ketones is 1. The molecule has 0 aromatic carbocycles. The van der Waals surface area contributed by atoms with Crippen LogP contribution in [0.3, 0.4) is 0 Å². The predicted molar refractivity (Wildman–Crippen MR) is 89.0 cm³/mol. The van der Waals surface area contributed by atoms with E-state index in [1.807, 2.05) is 6.92 Å². The van der Waals surface area contributed by atoms with Crippen LogP contribution in [0.15, 0.2) is 11.1 Å². The van der Waals surface area contributed by atoms with E-state index in [1.54, 1.807) is 0 Å². The standard InChI is InChI=1S/C20H28O4/c1-10-11-7-12-13(8-15(11)24-18(10)23)20(4)6-5-17(22)19(2,3)16(20)9-14(12)21/h12-13,15-17,22H,5-9H2,1-4H3/t12-,13-,15-,16-,17-,20+/m1/s1. The average molecular weight is 332 g/mol. The Labute approximate surface area is 143 Å². The van der Waals surface area contributed by atoms with Gasteiger partial charge in [0.1, 0.15) is 11.9 Å². The Morgan fingerprint density at radius 1 is 1.17 bits per heavy atom. The molecule has 6 atom stereocenters. The fourth-order valence-corrected chi connectivity index (χ4v) is 6.35. The minimum atomic E-state index is -0.342. The van der Waals surface area contributed by atoms with Gasteiger partial charge < -0.3 is 9.84 Å². The normalized spacial score (nSPS) is 47.0. The first-order valence-corrected chi connectivity index (χ1v) is 9.27. The van der Waals surface area contributed by atoms with Gasteiger partial charge in [0.05, 0.1) is 6.10 Å². The monoisotopic (exact) mass is 332 g/mol. The molecule has 4 nitrogen and oxygen atoms in total. The van der Waals surface area contributed by atoms with Crippen molar-refractivity contribution in [3.63, 3.8) is 0 Å². The van der Waals surface area contributed by atoms with Gasteiger partial charge >= 0.3 is 5.97 Å². The van der Waals surface area contributed by atoms with Gasteiger partial charge in [-0.3, -0.25) is 4.79 Å². The maximum Gasteiger partial charge on any atom is 0.334 e. The molecule has 3 aliphatic carbocycles. The molecule has 0 radical (unpaired) electrons. The minimum Gasteiger partial charge on any atom is -0.454 e. The van der Waals surface area contributed by atoms with Crippen molar-refractivity contribution in [2.45, 2.75) is 72.0 Å². The van der Waals surface area contributed by atoms with Gasteiger partial charge in [0.2, 0.25) is 0 Å². The van der Waals surface area contributed by atoms with Crippen LogP contribution in [0, 0.1) is 28.6 Å². The number of aliphatic hydroxyl groups is 1. The zero-order valence-electron chi connectivity index (χ0n) is 15.1. The third-order valence-corrected chi connectivity index (χ3v) is 7.99. The van der Waals surface area contributed by atoms with E-state index in [1.165, 1.54) is 0 Å². The van der Waals surface area contributed by atoms with Gasteiger partial charge in [-0.25, -0.2) is 4.79 Å². The van der Waals surface area contributed by atoms with Crippen LogP contribution in [-0.2, 0) is 14.3 Å². The summed E-state index contributed by atoms with van der Waals surface area (Å²) in [5.41, 5.74) is 1.58. The molecule has 0 saturated heterocycles. The number of hydrogen-bond donors (Lipinski definition) is 1. The lowest BCUT2D eigenvalue weighted by atomic mass is 9.43. The number of hydrogen-bond acceptors (Lipinski definition) is 4. The summed E-state index contributed by atoms with van der Waals surface area (Å²) in [5, 5.41) is 10.5. The summed E-state index contributed by atoms with van der Waals surface area (Å²) < 4.78 is 5.59. The molecule has 1 heterocycles. The number of aliphatic hydroxyl groups excluding tert-OH is 1. The summed E-state index contributed by atoms with van der Waals surface area (Å²) >= 11 is 0. The minimum absolute atomic E-state index is 0.0213. The van der Waals surface area contributed by atoms with Crippen LogP contribution in [0.25, 0.3) is 0 Å². The highest BCUT2D eigenvalue weighted by molar-refractivity contribution is 5.92. The van der Waals surface area contributed by atoms with Crippen molar-refractivity contribution in [2.75, 3.05) is 0 Å². The molecule has 3 fully saturated rings. The van der Waals surface area contributed by atoms with Crippen molar-refractivity contribution in [3.05, 3.63) is 11.1 Å². The number of carbonyl (C=O) groups is 2. The van der Waals surface area contributed by atoms with Gasteiger partial charge in [-0.05, 0) is 60.8 Å². The fraction of sp³-hybridized carbons (Fsp3) is 0.800. The van der Waals surface area contributed by atoms with E-state index in [2.05, 4.69) is 20.8 Å². The second-order valence-corrected chi connectivity index (χ2v) is 9.30. The molecule has 1 N–H and O–H groups in total. The van der Waals surface area contributed by atoms with E-state index in [9.17, 15) is 14.7 Å². The topological polar surface area (TPSA) is 63.6 Å². The summed E-state index contributed by atoms with van der Waals surface area (Å²) in [7, 11) is 0. The smallest absolute Gasteiger partial charge is 0.334 e. The number of rotatable bonds is 0. The van der Waals surface area contributed by atoms with E-state index >= 15 is 0 Å². The highest BCUT2D eigenvalue weighted by Crippen LogP contribution is 2.63. The highest BCUT2D eigenvalue weighted by Gasteiger charge is 2.61. The molecule has 0 amide bonds. The lowest BCUT2D eigenvalue weighted by Gasteiger charge is -2.61. The molecule has 4 heteroatoms. The summed E-state index contributed by atoms with van der Waals surface area (Å²) in [5.74, 6) is 0.590. The fourth-order valence-electron chi connectivity index (χ4n) is 6.35. The summed E-state index contributed by atoms with van der Waals surface area (Å²) in [6.07, 6.45) is 3.31. The molecule has 132 valence electrons. The zero-order valence-corrected chi connectivity index (χ0v) is 15.1. The molecular weight excluding hydrogens is 304 g/mol. The summed E-state index contributed by atoms with van der Waals surface area (Å²) in [4.78, 5) is 24.9. The first-order chi connectivity index (χ1) is 11.2. The van der Waals surface area contributed by atoms with Gasteiger partial charge in [0.25, 0.3) is 0 Å². The second kappa shape index (κ2) is 4.94. The van der Waals surface area contributed by atoms with E-state index in [0.29, 0.717) is 18.6 Å². The van der Waals surface area contributed by atoms with Crippen LogP contribution in [0.2, 0.25) is 0 Å². The molecule has 0 aromatic rings. The Kier molecular flexibility index (Phi) is 3.36. The molecule has 4 rings (SSSR count). The number of fused-ring (bicyclic) bond motifs is 4. The first kappa shape index (κ1) is 16.3. The van der Waals surface area contributed by atoms with E-state index in [0.717, 1.165) is 30.4 Å². The van der Waals surface area contributed by atoms with Crippen molar-refractivity contribution in [1.82, 2.24) is 0 Å². The van der Waals surface area contributed by atoms with Gasteiger partial charge in [-0.15, -0.1) is 0 Å². The molecule has 0 spiro atoms. The lowest BCUT2D eigenvalue weighted by Crippen LogP contribution is -2.60. The van der Waals surface area contributed by atoms with Gasteiger partial charge in [0.15, 0.2) is 0 Å². The van der Waals surface area contributed by atoms with Crippen LogP contribution in [0.1, 0.15) is 59.8 Å². The first-order valence-electron chi connectivity index (χ1n) is 9.27. The van der Waals surface area contributed by atoms with Gasteiger partial charge in [-0.2, -0.15) is 0 Å². The Bertz CT molecular complexity index is 646. The summed E-state index contributed by atoms with van der Waals surface area (Å²) in [6, 6.07) is 0. The van der Waals surface area contributed by atoms with Gasteiger partial charge in [0, 0.05) is 17.9 Å². The molecule has 24 heavy (non-hydrogen) atoms. The van der Waals surface area contributed by atoms with Crippen LogP contribution >= 0.6 is 0 Å². The molecule has 1 aliphatic heterocycles. The maximum absolute atomic E-state index is 13.0. The van der Waals surface area contributed by atoms with E-state index in [4.69, 9.17) is 4.74 Å². The molecule has 0 unspecified atom stereocenters. The number of ether oxygens (including phenoxy) is 1. The quantitative estimate of drug-likeness (QED) is 0.693. The Morgan fingerprint density at radius 2 is 1.88 bits per heavy atom. The van der Waals surface area contributed by atoms with E-state index < -0.39 is 0 Å². The molecule has 3 saturated carbocycles. The maximum atomic E-state index is 13.0. The SMILES string of the molecule is CC1=C2C[C@H]3C(=O)C[C@@H]4C(C)(C)[C@H](O)CC[C@@]4(C)[C@@H]3C[C@H]2OC1=O. The van der Waals surface area contributed by atoms with Crippen molar-refractivity contribution in [1.29, 1.82) is 0 Å². The lowest BCUT2D eigenvalue weighted by molar-refractivity contribution is -0.173. The van der Waals surface area contributed by atoms with Crippen molar-refractivity contribution in [3.8, 4) is 0 Å². The number of carbonyl (C=O) groups excluding carboxylic acids is 2. The average Bonchev–Trinajstić information content (AvgIpc) is 2.80. The largest absolute Gasteiger partial charge is 0.454 e. The Morgan fingerprint density at radius 3 is 2.58 bits per heavy atom. The zero-order chi connectivity index (χ0) is 17.4. The van der Waals surface area contributed by atoms with Crippen LogP contribution < -0.4 is 0 Å². The van der Waals surface area contributed by atoms with Crippen molar-refractivity contribution in [2.24, 2.45) is 28.6 Å². The van der Waals surface area contributed by atoms with Gasteiger partial charge in [-0.1, -0.05) is 20.8 Å². The van der Waals surface area contributed by atoms with Crippen molar-refractivity contribution >= 4 is 11.8 Å². The Balaban J connectivity index is 1.73. The second-order valence-electron chi connectivity index (χ2n) is 9.30. The van der Waals surface area contributed by atoms with E-state index in [-0.39, 0.29) is 46.8 Å². The van der Waals surface area contributed by atoms with Crippen LogP contribution in [-0.4, -0.2) is 29.1 Å². The highest BCUT2D eigenvalue weighted by atomic mass is 16.5. The molecular formula is C20H28O4. The summed E-state index contributed by atoms with van der Waals surface area (Å²) in [6.45, 7) is 8.37. The number of esters is 1. The number of Topliss-reactive ketones (excluding diaryl/α,β-unsaturated/α-hetero) is 1. The molecule has 0 aromatic heterocycles.